The molecule has 0 spiro atoms. The van der Waals surface area contributed by atoms with Crippen LogP contribution in [0.25, 0.3) is 0 Å². The van der Waals surface area contributed by atoms with Crippen LogP contribution in [0.2, 0.25) is 0 Å². The Labute approximate surface area is 90.1 Å². The van der Waals surface area contributed by atoms with Crippen molar-refractivity contribution in [3.8, 4) is 0 Å². The maximum atomic E-state index is 9.16. The van der Waals surface area contributed by atoms with Gasteiger partial charge >= 0.3 is 0 Å². The van der Waals surface area contributed by atoms with E-state index >= 15 is 0 Å². The number of aliphatic hydroxyl groups excluding tert-OH is 1. The first-order valence-corrected chi connectivity index (χ1v) is 5.23. The molecule has 1 rings (SSSR count). The molecule has 0 aliphatic heterocycles. The van der Waals surface area contributed by atoms with Crippen LogP contribution < -0.4 is 0 Å². The van der Waals surface area contributed by atoms with Crippen molar-refractivity contribution in [1.29, 1.82) is 0 Å². The van der Waals surface area contributed by atoms with Gasteiger partial charge in [-0.25, -0.2) is 0 Å². The second-order valence-corrected chi connectivity index (χ2v) is 3.93. The van der Waals surface area contributed by atoms with Crippen LogP contribution in [0, 0.1) is 6.92 Å². The first-order valence-electron chi connectivity index (χ1n) is 5.23. The highest BCUT2D eigenvalue weighted by Gasteiger charge is 2.05. The maximum Gasteiger partial charge on any atom is 0.216 e. The fourth-order valence-corrected chi connectivity index (χ4v) is 1.48. The molecule has 0 bridgehead atoms. The van der Waals surface area contributed by atoms with E-state index in [-0.39, 0.29) is 6.10 Å². The van der Waals surface area contributed by atoms with E-state index < -0.39 is 0 Å². The zero-order valence-corrected chi connectivity index (χ0v) is 9.60. The summed E-state index contributed by atoms with van der Waals surface area (Å²) in [5, 5.41) is 16.8. The predicted molar refractivity (Wildman–Crippen MR) is 56.5 cm³/mol. The average molecular weight is 213 g/mol. The number of hydrogen-bond acceptors (Lipinski definition) is 5. The monoisotopic (exact) mass is 213 g/mol. The minimum Gasteiger partial charge on any atom is -0.426 e. The molecule has 0 radical (unpaired) electrons. The Hall–Kier alpha value is -0.940. The average Bonchev–Trinajstić information content (AvgIpc) is 2.50. The molecule has 1 unspecified atom stereocenters. The summed E-state index contributed by atoms with van der Waals surface area (Å²) in [5.74, 6) is 1.31. The van der Waals surface area contributed by atoms with E-state index in [4.69, 9.17) is 9.52 Å². The lowest BCUT2D eigenvalue weighted by atomic mass is 10.3. The SMILES string of the molecule is Cc1nnc(CCCN(C)CC(C)O)o1. The fourth-order valence-electron chi connectivity index (χ4n) is 1.48. The van der Waals surface area contributed by atoms with Gasteiger partial charge in [-0.3, -0.25) is 0 Å². The van der Waals surface area contributed by atoms with Crippen LogP contribution >= 0.6 is 0 Å². The third-order valence-electron chi connectivity index (χ3n) is 2.07. The predicted octanol–water partition coefficient (Wildman–Crippen LogP) is 0.623. The standard InChI is InChI=1S/C10H19N3O2/c1-8(14)7-13(3)6-4-5-10-12-11-9(2)15-10/h8,14H,4-7H2,1-3H3. The quantitative estimate of drug-likeness (QED) is 0.750. The van der Waals surface area contributed by atoms with Crippen LogP contribution in [0.5, 0.6) is 0 Å². The van der Waals surface area contributed by atoms with Crippen molar-refractivity contribution in [3.63, 3.8) is 0 Å². The topological polar surface area (TPSA) is 62.4 Å². The summed E-state index contributed by atoms with van der Waals surface area (Å²) in [5.41, 5.74) is 0. The molecule has 86 valence electrons. The van der Waals surface area contributed by atoms with Crippen molar-refractivity contribution in [2.75, 3.05) is 20.1 Å². The van der Waals surface area contributed by atoms with Crippen LogP contribution in [0.1, 0.15) is 25.1 Å². The number of aliphatic hydroxyl groups is 1. The van der Waals surface area contributed by atoms with E-state index in [0.717, 1.165) is 19.4 Å². The molecule has 1 aromatic heterocycles. The van der Waals surface area contributed by atoms with Gasteiger partial charge in [0, 0.05) is 19.9 Å². The molecule has 1 N–H and O–H groups in total. The molecule has 0 saturated heterocycles. The van der Waals surface area contributed by atoms with E-state index in [1.807, 2.05) is 7.05 Å². The van der Waals surface area contributed by atoms with Crippen LogP contribution in [-0.2, 0) is 6.42 Å². The number of rotatable bonds is 6. The van der Waals surface area contributed by atoms with Crippen molar-refractivity contribution in [2.24, 2.45) is 0 Å². The number of nitrogens with zero attached hydrogens (tertiary/aromatic N) is 3. The molecule has 1 atom stereocenters. The zero-order valence-electron chi connectivity index (χ0n) is 9.60. The molecule has 5 nitrogen and oxygen atoms in total. The molecule has 1 aromatic rings. The number of aromatic nitrogens is 2. The fraction of sp³-hybridized carbons (Fsp3) is 0.800. The first-order chi connectivity index (χ1) is 7.08. The highest BCUT2D eigenvalue weighted by molar-refractivity contribution is 4.79. The molecule has 5 heteroatoms. The van der Waals surface area contributed by atoms with E-state index in [2.05, 4.69) is 15.1 Å². The van der Waals surface area contributed by atoms with Gasteiger partial charge in [0.05, 0.1) is 6.10 Å². The largest absolute Gasteiger partial charge is 0.426 e. The van der Waals surface area contributed by atoms with Gasteiger partial charge < -0.3 is 14.4 Å². The summed E-state index contributed by atoms with van der Waals surface area (Å²) in [6.07, 6.45) is 1.48. The van der Waals surface area contributed by atoms with Crippen LogP contribution in [-0.4, -0.2) is 46.4 Å². The number of likely N-dealkylation sites (N-methyl/N-ethyl adjacent to an activating group) is 1. The van der Waals surface area contributed by atoms with Gasteiger partial charge in [0.2, 0.25) is 11.8 Å². The normalized spacial score (nSPS) is 13.4. The Morgan fingerprint density at radius 2 is 2.20 bits per heavy atom. The van der Waals surface area contributed by atoms with Crippen LogP contribution in [0.3, 0.4) is 0 Å². The molecule has 0 aromatic carbocycles. The van der Waals surface area contributed by atoms with Gasteiger partial charge in [-0.1, -0.05) is 0 Å². The zero-order chi connectivity index (χ0) is 11.3. The maximum absolute atomic E-state index is 9.16. The molecular formula is C10H19N3O2. The third kappa shape index (κ3) is 4.90. The van der Waals surface area contributed by atoms with Gasteiger partial charge in [0.15, 0.2) is 0 Å². The van der Waals surface area contributed by atoms with Gasteiger partial charge in [-0.05, 0) is 26.9 Å². The molecule has 15 heavy (non-hydrogen) atoms. The summed E-state index contributed by atoms with van der Waals surface area (Å²) in [6, 6.07) is 0. The van der Waals surface area contributed by atoms with Crippen molar-refractivity contribution in [3.05, 3.63) is 11.8 Å². The van der Waals surface area contributed by atoms with Crippen molar-refractivity contribution in [1.82, 2.24) is 15.1 Å². The minimum atomic E-state index is -0.277. The third-order valence-corrected chi connectivity index (χ3v) is 2.07. The van der Waals surface area contributed by atoms with Gasteiger partial charge in [0.25, 0.3) is 0 Å². The molecule has 0 saturated carbocycles. The van der Waals surface area contributed by atoms with Gasteiger partial charge in [-0.2, -0.15) is 0 Å². The summed E-state index contributed by atoms with van der Waals surface area (Å²) < 4.78 is 5.26. The van der Waals surface area contributed by atoms with Crippen LogP contribution in [0.4, 0.5) is 0 Å². The van der Waals surface area contributed by atoms with E-state index in [0.29, 0.717) is 18.3 Å². The van der Waals surface area contributed by atoms with Gasteiger partial charge in [-0.15, -0.1) is 10.2 Å². The summed E-state index contributed by atoms with van der Waals surface area (Å²) in [7, 11) is 1.99. The van der Waals surface area contributed by atoms with Crippen LogP contribution in [0.15, 0.2) is 4.42 Å². The molecule has 0 fully saturated rings. The smallest absolute Gasteiger partial charge is 0.216 e. The summed E-state index contributed by atoms with van der Waals surface area (Å²) >= 11 is 0. The number of hydrogen-bond donors (Lipinski definition) is 1. The highest BCUT2D eigenvalue weighted by atomic mass is 16.4. The lowest BCUT2D eigenvalue weighted by molar-refractivity contribution is 0.140. The van der Waals surface area contributed by atoms with Crippen molar-refractivity contribution >= 4 is 0 Å². The van der Waals surface area contributed by atoms with E-state index in [1.165, 1.54) is 0 Å². The highest BCUT2D eigenvalue weighted by Crippen LogP contribution is 2.02. The Morgan fingerprint density at radius 1 is 1.47 bits per heavy atom. The van der Waals surface area contributed by atoms with Crippen molar-refractivity contribution < 1.29 is 9.52 Å². The lowest BCUT2D eigenvalue weighted by Gasteiger charge is -2.17. The Kier molecular flexibility index (Phi) is 4.71. The van der Waals surface area contributed by atoms with E-state index in [9.17, 15) is 0 Å². The molecule has 0 aliphatic carbocycles. The summed E-state index contributed by atoms with van der Waals surface area (Å²) in [6.45, 7) is 5.20. The van der Waals surface area contributed by atoms with Gasteiger partial charge in [0.1, 0.15) is 0 Å². The Morgan fingerprint density at radius 3 is 2.73 bits per heavy atom. The molecule has 0 amide bonds. The Bertz CT molecular complexity index is 286. The summed E-state index contributed by atoms with van der Waals surface area (Å²) in [4.78, 5) is 2.09. The Balaban J connectivity index is 2.16. The minimum absolute atomic E-state index is 0.277. The second kappa shape index (κ2) is 5.82. The van der Waals surface area contributed by atoms with Crippen molar-refractivity contribution in [2.45, 2.75) is 32.8 Å². The van der Waals surface area contributed by atoms with E-state index in [1.54, 1.807) is 13.8 Å². The molecule has 0 aliphatic rings. The molecular weight excluding hydrogens is 194 g/mol. The lowest BCUT2D eigenvalue weighted by Crippen LogP contribution is -2.28. The molecule has 1 heterocycles. The second-order valence-electron chi connectivity index (χ2n) is 3.93. The first kappa shape index (κ1) is 12.1. The number of aryl methyl sites for hydroxylation is 2.